The van der Waals surface area contributed by atoms with E-state index in [0.29, 0.717) is 5.56 Å². The second-order valence-corrected chi connectivity index (χ2v) is 7.15. The third-order valence-corrected chi connectivity index (χ3v) is 5.26. The minimum absolute atomic E-state index is 0.238. The quantitative estimate of drug-likeness (QED) is 0.482. The Hall–Kier alpha value is -2.49. The van der Waals surface area contributed by atoms with Crippen molar-refractivity contribution in [3.8, 4) is 6.07 Å². The zero-order valence-corrected chi connectivity index (χ0v) is 16.7. The highest BCUT2D eigenvalue weighted by atomic mass is 32.1. The van der Waals surface area contributed by atoms with Crippen molar-refractivity contribution in [1.29, 1.82) is 5.26 Å². The highest BCUT2D eigenvalue weighted by Crippen LogP contribution is 2.34. The van der Waals surface area contributed by atoms with Crippen molar-refractivity contribution in [2.24, 2.45) is 4.99 Å². The number of anilines is 1. The molecule has 1 unspecified atom stereocenters. The van der Waals surface area contributed by atoms with Crippen molar-refractivity contribution in [2.75, 3.05) is 32.0 Å². The summed E-state index contributed by atoms with van der Waals surface area (Å²) in [5.74, 6) is 0.238. The largest absolute Gasteiger partial charge is 0.344 e. The molecule has 2 heterocycles. The van der Waals surface area contributed by atoms with Crippen LogP contribution in [0, 0.1) is 11.3 Å². The fourth-order valence-electron chi connectivity index (χ4n) is 3.90. The van der Waals surface area contributed by atoms with Crippen LogP contribution in [0.3, 0.4) is 0 Å². The molecule has 27 heavy (non-hydrogen) atoms. The van der Waals surface area contributed by atoms with Gasteiger partial charge in [-0.05, 0) is 6.42 Å². The molecule has 2 aliphatic rings. The predicted molar refractivity (Wildman–Crippen MR) is 116 cm³/mol. The van der Waals surface area contributed by atoms with Gasteiger partial charge in [0.15, 0.2) is 0 Å². The van der Waals surface area contributed by atoms with E-state index in [1.807, 2.05) is 0 Å². The molecule has 1 aliphatic heterocycles. The molecule has 0 bridgehead atoms. The summed E-state index contributed by atoms with van der Waals surface area (Å²) in [6.07, 6.45) is 13.3. The molecule has 0 saturated heterocycles. The smallest absolute Gasteiger partial charge is 0.103 e. The molecule has 0 spiro atoms. The van der Waals surface area contributed by atoms with Gasteiger partial charge in [-0.2, -0.15) is 5.26 Å². The van der Waals surface area contributed by atoms with Gasteiger partial charge < -0.3 is 9.88 Å². The fourth-order valence-corrected chi connectivity index (χ4v) is 4.14. The first kappa shape index (κ1) is 19.3. The second-order valence-electron chi connectivity index (χ2n) is 6.91. The highest BCUT2D eigenvalue weighted by Gasteiger charge is 2.29. The first-order valence-electron chi connectivity index (χ1n) is 9.22. The minimum Gasteiger partial charge on any atom is -0.344 e. The molecule has 0 radical (unpaired) electrons. The number of hydrogen-bond acceptors (Lipinski definition) is 4. The Bertz CT molecular complexity index is 866. The first-order valence-corrected chi connectivity index (χ1v) is 9.69. The van der Waals surface area contributed by atoms with Gasteiger partial charge in [0.2, 0.25) is 0 Å². The second kappa shape index (κ2) is 8.94. The summed E-state index contributed by atoms with van der Waals surface area (Å²) < 4.78 is 2.21. The van der Waals surface area contributed by atoms with Crippen LogP contribution < -0.4 is 5.32 Å². The monoisotopic (exact) mass is 379 g/mol. The summed E-state index contributed by atoms with van der Waals surface area (Å²) in [5.41, 5.74) is 4.83. The topological polar surface area (TPSA) is 56.4 Å². The maximum absolute atomic E-state index is 9.82. The van der Waals surface area contributed by atoms with Gasteiger partial charge in [0, 0.05) is 50.2 Å². The van der Waals surface area contributed by atoms with Crippen molar-refractivity contribution < 1.29 is 0 Å². The van der Waals surface area contributed by atoms with E-state index in [1.54, 1.807) is 18.8 Å². The number of aromatic nitrogens is 1. The van der Waals surface area contributed by atoms with Gasteiger partial charge >= 0.3 is 0 Å². The molecule has 0 saturated carbocycles. The molecule has 1 N–H and O–H groups in total. The molecule has 1 atom stereocenters. The number of rotatable bonds is 5. The summed E-state index contributed by atoms with van der Waals surface area (Å²) in [7, 11) is 1.70. The normalized spacial score (nSPS) is 19.9. The van der Waals surface area contributed by atoms with E-state index in [-0.39, 0.29) is 5.92 Å². The van der Waals surface area contributed by atoms with Crippen LogP contribution in [0.4, 0.5) is 5.69 Å². The van der Waals surface area contributed by atoms with Gasteiger partial charge in [0.1, 0.15) is 6.07 Å². The lowest BCUT2D eigenvalue weighted by Crippen LogP contribution is -2.30. The van der Waals surface area contributed by atoms with Gasteiger partial charge in [-0.1, -0.05) is 55.1 Å². The molecule has 3 rings (SSSR count). The molecule has 0 fully saturated rings. The lowest BCUT2D eigenvalue weighted by molar-refractivity contribution is 0.287. The number of fused-ring (bicyclic) bond motifs is 1. The highest BCUT2D eigenvalue weighted by molar-refractivity contribution is 7.79. The van der Waals surface area contributed by atoms with E-state index in [9.17, 15) is 5.26 Å². The first-order chi connectivity index (χ1) is 13.2. The zero-order valence-electron chi connectivity index (χ0n) is 15.9. The van der Waals surface area contributed by atoms with Crippen LogP contribution in [-0.4, -0.2) is 47.9 Å². The van der Waals surface area contributed by atoms with Crippen molar-refractivity contribution in [3.05, 3.63) is 52.9 Å². The maximum Gasteiger partial charge on any atom is 0.103 e. The van der Waals surface area contributed by atoms with Crippen LogP contribution in [0.25, 0.3) is 0 Å². The summed E-state index contributed by atoms with van der Waals surface area (Å²) >= 11 is 5.28. The SMILES string of the molecule is CN=CNc1c(C#N)c2n(c1C=S)CCN(CC1=CC=CC=CC1)CC2C. The van der Waals surface area contributed by atoms with Crippen LogP contribution in [0.5, 0.6) is 0 Å². The molecular weight excluding hydrogens is 354 g/mol. The molecule has 1 aromatic rings. The molecular formula is C21H25N5S. The molecule has 5 nitrogen and oxygen atoms in total. The van der Waals surface area contributed by atoms with E-state index in [2.05, 4.69) is 63.1 Å². The standard InChI is InChI=1S/C21H25N5S/c1-16-12-25(13-17-7-5-3-4-6-8-17)9-10-26-19(14-27)20(24-15-23-2)18(11-22)21(16)26/h3-7,14-16H,8-10,12-13H2,1-2H3,(H,23,24). The third kappa shape index (κ3) is 4.10. The summed E-state index contributed by atoms with van der Waals surface area (Å²) in [5, 5.41) is 14.6. The lowest BCUT2D eigenvalue weighted by Gasteiger charge is -2.23. The van der Waals surface area contributed by atoms with E-state index in [4.69, 9.17) is 12.2 Å². The molecule has 1 aromatic heterocycles. The molecule has 0 aromatic carbocycles. The Labute approximate surface area is 166 Å². The van der Waals surface area contributed by atoms with Crippen LogP contribution in [0.15, 0.2) is 40.9 Å². The van der Waals surface area contributed by atoms with Crippen LogP contribution in [0.2, 0.25) is 0 Å². The summed E-state index contributed by atoms with van der Waals surface area (Å²) in [6, 6.07) is 2.39. The van der Waals surface area contributed by atoms with Crippen LogP contribution >= 0.6 is 12.2 Å². The van der Waals surface area contributed by atoms with Crippen LogP contribution in [-0.2, 0) is 6.54 Å². The van der Waals surface area contributed by atoms with Crippen molar-refractivity contribution >= 4 is 29.6 Å². The van der Waals surface area contributed by atoms with E-state index >= 15 is 0 Å². The molecule has 1 aliphatic carbocycles. The minimum atomic E-state index is 0.238. The Morgan fingerprint density at radius 3 is 2.96 bits per heavy atom. The molecule has 0 amide bonds. The lowest BCUT2D eigenvalue weighted by atomic mass is 10.0. The average molecular weight is 380 g/mol. The van der Waals surface area contributed by atoms with Crippen molar-refractivity contribution in [2.45, 2.75) is 25.8 Å². The van der Waals surface area contributed by atoms with Gasteiger partial charge in [0.05, 0.1) is 23.3 Å². The number of nitrogens with zero attached hydrogens (tertiary/aromatic N) is 4. The summed E-state index contributed by atoms with van der Waals surface area (Å²) in [6.45, 7) is 5.81. The van der Waals surface area contributed by atoms with Gasteiger partial charge in [-0.3, -0.25) is 9.89 Å². The number of nitrogens with one attached hydrogen (secondary N) is 1. The van der Waals surface area contributed by atoms with Gasteiger partial charge in [-0.25, -0.2) is 0 Å². The maximum atomic E-state index is 9.82. The Morgan fingerprint density at radius 2 is 2.22 bits per heavy atom. The zero-order chi connectivity index (χ0) is 19.2. The number of nitriles is 1. The van der Waals surface area contributed by atoms with E-state index in [1.165, 1.54) is 5.57 Å². The van der Waals surface area contributed by atoms with E-state index < -0.39 is 0 Å². The van der Waals surface area contributed by atoms with E-state index in [0.717, 1.165) is 49.7 Å². The van der Waals surface area contributed by atoms with Gasteiger partial charge in [0.25, 0.3) is 0 Å². The fraction of sp³-hybridized carbons (Fsp3) is 0.381. The summed E-state index contributed by atoms with van der Waals surface area (Å²) in [4.78, 5) is 6.46. The Kier molecular flexibility index (Phi) is 6.38. The number of hydrogen-bond donors (Lipinski definition) is 1. The predicted octanol–water partition coefficient (Wildman–Crippen LogP) is 3.64. The Balaban J connectivity index is 1.89. The number of aliphatic imine (C=N–C) groups is 1. The van der Waals surface area contributed by atoms with Crippen LogP contribution in [0.1, 0.15) is 36.2 Å². The molecule has 140 valence electrons. The number of thiocarbonyl (C=S) groups is 1. The third-order valence-electron chi connectivity index (χ3n) is 5.04. The number of allylic oxidation sites excluding steroid dienone is 5. The Morgan fingerprint density at radius 1 is 1.37 bits per heavy atom. The average Bonchev–Trinajstić information content (AvgIpc) is 2.81. The van der Waals surface area contributed by atoms with Crippen molar-refractivity contribution in [3.63, 3.8) is 0 Å². The van der Waals surface area contributed by atoms with Gasteiger partial charge in [-0.15, -0.1) is 0 Å². The van der Waals surface area contributed by atoms with Crippen molar-refractivity contribution in [1.82, 2.24) is 9.47 Å². The molecule has 6 heteroatoms.